The third kappa shape index (κ3) is 2.03. The number of aliphatic hydroxyl groups excluding tert-OH is 1. The van der Waals surface area contributed by atoms with Gasteiger partial charge in [0.2, 0.25) is 0 Å². The fourth-order valence-corrected chi connectivity index (χ4v) is 3.92. The predicted molar refractivity (Wildman–Crippen MR) is 71.5 cm³/mol. The van der Waals surface area contributed by atoms with E-state index >= 15 is 0 Å². The molecule has 4 unspecified atom stereocenters. The van der Waals surface area contributed by atoms with Crippen molar-refractivity contribution in [2.75, 3.05) is 6.61 Å². The molecular weight excluding hydrogens is 224 g/mol. The highest BCUT2D eigenvalue weighted by Crippen LogP contribution is 2.53. The Morgan fingerprint density at radius 3 is 2.78 bits per heavy atom. The first-order chi connectivity index (χ1) is 8.79. The first-order valence-electron chi connectivity index (χ1n) is 7.19. The molecule has 2 heteroatoms. The van der Waals surface area contributed by atoms with Crippen LogP contribution in [0, 0.1) is 17.8 Å². The molecule has 1 N–H and O–H groups in total. The number of para-hydroxylation sites is 1. The predicted octanol–water partition coefficient (Wildman–Crippen LogP) is 3.55. The minimum absolute atomic E-state index is 0.344. The molecule has 0 radical (unpaired) electrons. The molecule has 0 aromatic heterocycles. The zero-order chi connectivity index (χ0) is 12.5. The Kier molecular flexibility index (Phi) is 3.29. The third-order valence-corrected chi connectivity index (χ3v) is 4.74. The molecule has 0 saturated heterocycles. The molecule has 0 aliphatic heterocycles. The summed E-state index contributed by atoms with van der Waals surface area (Å²) in [6.07, 6.45) is 4.87. The summed E-state index contributed by atoms with van der Waals surface area (Å²) in [5, 5.41) is 10.7. The second kappa shape index (κ2) is 4.93. The van der Waals surface area contributed by atoms with Crippen LogP contribution in [0.25, 0.3) is 0 Å². The Bertz CT molecular complexity index is 415. The molecule has 2 nitrogen and oxygen atoms in total. The zero-order valence-corrected chi connectivity index (χ0v) is 11.0. The molecule has 2 fully saturated rings. The van der Waals surface area contributed by atoms with Gasteiger partial charge in [-0.1, -0.05) is 24.6 Å². The van der Waals surface area contributed by atoms with Gasteiger partial charge in [-0.3, -0.25) is 0 Å². The molecule has 0 spiro atoms. The van der Waals surface area contributed by atoms with Crippen LogP contribution in [0.1, 0.15) is 44.3 Å². The number of ether oxygens (including phenoxy) is 1. The lowest BCUT2D eigenvalue weighted by molar-refractivity contribution is 0.0718. The van der Waals surface area contributed by atoms with Gasteiger partial charge in [0.25, 0.3) is 0 Å². The lowest BCUT2D eigenvalue weighted by atomic mass is 9.82. The molecule has 2 bridgehead atoms. The molecule has 2 saturated carbocycles. The smallest absolute Gasteiger partial charge is 0.125 e. The monoisotopic (exact) mass is 246 g/mol. The highest BCUT2D eigenvalue weighted by atomic mass is 16.5. The number of benzene rings is 1. The summed E-state index contributed by atoms with van der Waals surface area (Å²) < 4.78 is 5.64. The van der Waals surface area contributed by atoms with Crippen molar-refractivity contribution in [1.29, 1.82) is 0 Å². The second-order valence-corrected chi connectivity index (χ2v) is 5.75. The van der Waals surface area contributed by atoms with Crippen molar-refractivity contribution in [2.24, 2.45) is 17.8 Å². The fourth-order valence-electron chi connectivity index (χ4n) is 3.92. The van der Waals surface area contributed by atoms with Crippen molar-refractivity contribution in [1.82, 2.24) is 0 Å². The number of rotatable bonds is 4. The Morgan fingerprint density at radius 2 is 2.11 bits per heavy atom. The van der Waals surface area contributed by atoms with Gasteiger partial charge in [-0.2, -0.15) is 0 Å². The molecule has 1 aromatic carbocycles. The standard InChI is InChI=1S/C16H22O2/c1-2-18-15-6-4-3-5-13(15)16(17)14-10-11-7-8-12(14)9-11/h3-6,11-12,14,16-17H,2,7-10H2,1H3. The first-order valence-corrected chi connectivity index (χ1v) is 7.19. The normalized spacial score (nSPS) is 31.6. The minimum atomic E-state index is -0.344. The van der Waals surface area contributed by atoms with Gasteiger partial charge in [0.15, 0.2) is 0 Å². The van der Waals surface area contributed by atoms with E-state index in [1.54, 1.807) is 0 Å². The van der Waals surface area contributed by atoms with Crippen molar-refractivity contribution < 1.29 is 9.84 Å². The van der Waals surface area contributed by atoms with E-state index in [9.17, 15) is 5.11 Å². The van der Waals surface area contributed by atoms with Crippen LogP contribution in [-0.4, -0.2) is 11.7 Å². The molecule has 18 heavy (non-hydrogen) atoms. The van der Waals surface area contributed by atoms with Crippen molar-refractivity contribution in [3.63, 3.8) is 0 Å². The Morgan fingerprint density at radius 1 is 1.28 bits per heavy atom. The summed E-state index contributed by atoms with van der Waals surface area (Å²) in [5.41, 5.74) is 0.983. The summed E-state index contributed by atoms with van der Waals surface area (Å²) in [6.45, 7) is 2.64. The van der Waals surface area contributed by atoms with E-state index in [-0.39, 0.29) is 6.10 Å². The van der Waals surface area contributed by atoms with Crippen molar-refractivity contribution in [3.05, 3.63) is 29.8 Å². The van der Waals surface area contributed by atoms with E-state index in [2.05, 4.69) is 0 Å². The molecule has 2 aliphatic carbocycles. The third-order valence-electron chi connectivity index (χ3n) is 4.74. The van der Waals surface area contributed by atoms with E-state index in [0.717, 1.165) is 23.1 Å². The minimum Gasteiger partial charge on any atom is -0.493 e. The van der Waals surface area contributed by atoms with Crippen molar-refractivity contribution in [2.45, 2.75) is 38.7 Å². The maximum atomic E-state index is 10.7. The number of hydrogen-bond acceptors (Lipinski definition) is 2. The van der Waals surface area contributed by atoms with E-state index in [0.29, 0.717) is 12.5 Å². The van der Waals surface area contributed by atoms with E-state index in [1.165, 1.54) is 25.7 Å². The second-order valence-electron chi connectivity index (χ2n) is 5.75. The van der Waals surface area contributed by atoms with Gasteiger partial charge < -0.3 is 9.84 Å². The largest absolute Gasteiger partial charge is 0.493 e. The van der Waals surface area contributed by atoms with Crippen LogP contribution in [0.5, 0.6) is 5.75 Å². The topological polar surface area (TPSA) is 29.5 Å². The van der Waals surface area contributed by atoms with Crippen LogP contribution < -0.4 is 4.74 Å². The van der Waals surface area contributed by atoms with Crippen LogP contribution in [0.2, 0.25) is 0 Å². The average Bonchev–Trinajstić information content (AvgIpc) is 3.01. The van der Waals surface area contributed by atoms with E-state index < -0.39 is 0 Å². The van der Waals surface area contributed by atoms with Gasteiger partial charge in [0.05, 0.1) is 12.7 Å². The van der Waals surface area contributed by atoms with Crippen LogP contribution in [0.15, 0.2) is 24.3 Å². The van der Waals surface area contributed by atoms with Crippen molar-refractivity contribution >= 4 is 0 Å². The first kappa shape index (κ1) is 12.0. The van der Waals surface area contributed by atoms with E-state index in [4.69, 9.17) is 4.74 Å². The van der Waals surface area contributed by atoms with Gasteiger partial charge in [-0.05, 0) is 50.0 Å². The number of aliphatic hydroxyl groups is 1. The summed E-state index contributed by atoms with van der Waals surface area (Å²) in [5.74, 6) is 2.91. The highest BCUT2D eigenvalue weighted by molar-refractivity contribution is 5.35. The number of hydrogen-bond donors (Lipinski definition) is 1. The molecule has 0 heterocycles. The molecule has 0 amide bonds. The summed E-state index contributed by atoms with van der Waals surface area (Å²) in [6, 6.07) is 7.95. The average molecular weight is 246 g/mol. The van der Waals surface area contributed by atoms with Gasteiger partial charge in [-0.15, -0.1) is 0 Å². The molecular formula is C16H22O2. The van der Waals surface area contributed by atoms with Crippen LogP contribution in [0.4, 0.5) is 0 Å². The van der Waals surface area contributed by atoms with Crippen LogP contribution >= 0.6 is 0 Å². The summed E-state index contributed by atoms with van der Waals surface area (Å²) in [7, 11) is 0. The van der Waals surface area contributed by atoms with Gasteiger partial charge >= 0.3 is 0 Å². The molecule has 1 aromatic rings. The molecule has 98 valence electrons. The Hall–Kier alpha value is -1.02. The fraction of sp³-hybridized carbons (Fsp3) is 0.625. The molecule has 3 rings (SSSR count). The SMILES string of the molecule is CCOc1ccccc1C(O)C1CC2CCC1C2. The van der Waals surface area contributed by atoms with Gasteiger partial charge in [0.1, 0.15) is 5.75 Å². The summed E-state index contributed by atoms with van der Waals surface area (Å²) in [4.78, 5) is 0. The molecule has 2 aliphatic rings. The lowest BCUT2D eigenvalue weighted by Crippen LogP contribution is -2.19. The Balaban J connectivity index is 1.81. The maximum absolute atomic E-state index is 10.7. The maximum Gasteiger partial charge on any atom is 0.125 e. The number of fused-ring (bicyclic) bond motifs is 2. The molecule has 4 atom stereocenters. The van der Waals surface area contributed by atoms with Crippen LogP contribution in [-0.2, 0) is 0 Å². The quantitative estimate of drug-likeness (QED) is 0.880. The van der Waals surface area contributed by atoms with E-state index in [1.807, 2.05) is 31.2 Å². The zero-order valence-electron chi connectivity index (χ0n) is 11.0. The van der Waals surface area contributed by atoms with Crippen LogP contribution in [0.3, 0.4) is 0 Å². The summed E-state index contributed by atoms with van der Waals surface area (Å²) >= 11 is 0. The lowest BCUT2D eigenvalue weighted by Gasteiger charge is -2.28. The van der Waals surface area contributed by atoms with Crippen molar-refractivity contribution in [3.8, 4) is 5.75 Å². The Labute approximate surface area is 109 Å². The van der Waals surface area contributed by atoms with Gasteiger partial charge in [0, 0.05) is 5.56 Å². The van der Waals surface area contributed by atoms with Gasteiger partial charge in [-0.25, -0.2) is 0 Å². The highest BCUT2D eigenvalue weighted by Gasteiger charge is 2.43.